The van der Waals surface area contributed by atoms with Crippen molar-refractivity contribution in [2.24, 2.45) is 5.10 Å². The number of nitrogens with zero attached hydrogens (tertiary/aromatic N) is 2. The maximum atomic E-state index is 12.8. The van der Waals surface area contributed by atoms with E-state index in [0.29, 0.717) is 26.4 Å². The molecule has 0 aliphatic rings. The number of aryl methyl sites for hydroxylation is 2. The van der Waals surface area contributed by atoms with Crippen LogP contribution in [0.4, 0.5) is 10.1 Å². The Bertz CT molecular complexity index is 1260. The van der Waals surface area contributed by atoms with Crippen LogP contribution in [0.3, 0.4) is 0 Å². The average molecular weight is 461 g/mol. The Morgan fingerprint density at radius 1 is 1.00 bits per heavy atom. The van der Waals surface area contributed by atoms with Gasteiger partial charge in [0.05, 0.1) is 6.21 Å². The van der Waals surface area contributed by atoms with E-state index < -0.39 is 0 Å². The van der Waals surface area contributed by atoms with Crippen molar-refractivity contribution in [3.05, 3.63) is 100 Å². The maximum absolute atomic E-state index is 12.8. The summed E-state index contributed by atoms with van der Waals surface area (Å²) in [4.78, 5) is 17.5. The molecule has 1 aromatic heterocycles. The van der Waals surface area contributed by atoms with Gasteiger partial charge in [-0.15, -0.1) is 0 Å². The molecule has 5 nitrogen and oxygen atoms in total. The monoisotopic (exact) mass is 460 g/mol. The first-order valence-electron chi connectivity index (χ1n) is 9.98. The van der Waals surface area contributed by atoms with Crippen molar-refractivity contribution in [1.82, 2.24) is 4.98 Å². The number of carbonyl (C=O) groups is 1. The zero-order valence-corrected chi connectivity index (χ0v) is 19.2. The van der Waals surface area contributed by atoms with E-state index in [0.717, 1.165) is 22.3 Å². The van der Waals surface area contributed by atoms with Crippen molar-refractivity contribution >= 4 is 45.2 Å². The first-order valence-corrected chi connectivity index (χ1v) is 11.2. The zero-order chi connectivity index (χ0) is 22.5. The summed E-state index contributed by atoms with van der Waals surface area (Å²) >= 11 is 7.35. The number of carbonyl (C=O) groups excluding carboxylic acids is 1. The highest BCUT2D eigenvalue weighted by Gasteiger charge is 2.16. The smallest absolute Gasteiger partial charge is 0.256 e. The van der Waals surface area contributed by atoms with Gasteiger partial charge in [0.1, 0.15) is 10.7 Å². The molecule has 0 saturated heterocycles. The quantitative estimate of drug-likeness (QED) is 0.246. The third kappa shape index (κ3) is 5.41. The van der Waals surface area contributed by atoms with Crippen LogP contribution >= 0.6 is 22.9 Å². The molecule has 0 radical (unpaired) electrons. The molecule has 1 heterocycles. The molecule has 0 unspecified atom stereocenters. The summed E-state index contributed by atoms with van der Waals surface area (Å²) in [7, 11) is 0. The van der Waals surface area contributed by atoms with Crippen LogP contribution in [-0.4, -0.2) is 17.1 Å². The number of nitrogens with one attached hydrogen (secondary N) is 2. The highest BCUT2D eigenvalue weighted by Crippen LogP contribution is 2.36. The normalized spacial score (nSPS) is 11.0. The molecule has 0 bridgehead atoms. The van der Waals surface area contributed by atoms with Crippen LogP contribution in [0.1, 0.15) is 27.0 Å². The third-order valence-corrected chi connectivity index (χ3v) is 5.83. The van der Waals surface area contributed by atoms with Crippen molar-refractivity contribution in [3.63, 3.8) is 0 Å². The summed E-state index contributed by atoms with van der Waals surface area (Å²) in [5, 5.41) is 9.13. The van der Waals surface area contributed by atoms with Gasteiger partial charge in [0.2, 0.25) is 5.13 Å². The van der Waals surface area contributed by atoms with Gasteiger partial charge in [0, 0.05) is 16.1 Å². The van der Waals surface area contributed by atoms with E-state index in [9.17, 15) is 4.79 Å². The standard InChI is InChI=1S/C25H21ClN4OS/c1-16-6-10-19(11-7-16)22-24(29-23(31)20-12-8-17(2)9-13-20)32-25(28-22)30-27-15-18-4-3-5-21(26)14-18/h3-15H,1-2H3,(H,28,30)(H,29,31). The molecule has 2 N–H and O–H groups in total. The zero-order valence-electron chi connectivity index (χ0n) is 17.6. The van der Waals surface area contributed by atoms with Gasteiger partial charge in [-0.25, -0.2) is 4.98 Å². The van der Waals surface area contributed by atoms with Crippen molar-refractivity contribution in [1.29, 1.82) is 0 Å². The lowest BCUT2D eigenvalue weighted by Crippen LogP contribution is -2.11. The summed E-state index contributed by atoms with van der Waals surface area (Å²) in [5.41, 5.74) is 8.27. The first kappa shape index (κ1) is 21.7. The fourth-order valence-corrected chi connectivity index (χ4v) is 4.02. The van der Waals surface area contributed by atoms with E-state index >= 15 is 0 Å². The molecule has 4 aromatic rings. The molecule has 0 aliphatic heterocycles. The van der Waals surface area contributed by atoms with E-state index in [1.54, 1.807) is 6.21 Å². The second kappa shape index (κ2) is 9.77. The summed E-state index contributed by atoms with van der Waals surface area (Å²) in [6.45, 7) is 4.02. The molecule has 1 amide bonds. The van der Waals surface area contributed by atoms with Gasteiger partial charge in [-0.1, -0.05) is 82.6 Å². The second-order valence-corrected chi connectivity index (χ2v) is 8.74. The number of hydrogen-bond acceptors (Lipinski definition) is 5. The van der Waals surface area contributed by atoms with E-state index in [4.69, 9.17) is 11.6 Å². The van der Waals surface area contributed by atoms with Gasteiger partial charge in [-0.3, -0.25) is 10.2 Å². The number of anilines is 2. The minimum absolute atomic E-state index is 0.184. The highest BCUT2D eigenvalue weighted by atomic mass is 35.5. The molecule has 160 valence electrons. The largest absolute Gasteiger partial charge is 0.312 e. The summed E-state index contributed by atoms with van der Waals surface area (Å²) in [6, 6.07) is 22.9. The van der Waals surface area contributed by atoms with E-state index in [1.807, 2.05) is 86.6 Å². The van der Waals surface area contributed by atoms with Gasteiger partial charge >= 0.3 is 0 Å². The molecule has 0 saturated carbocycles. The van der Waals surface area contributed by atoms with Gasteiger partial charge < -0.3 is 5.32 Å². The number of aromatic nitrogens is 1. The third-order valence-electron chi connectivity index (χ3n) is 4.72. The van der Waals surface area contributed by atoms with Crippen molar-refractivity contribution in [3.8, 4) is 11.3 Å². The lowest BCUT2D eigenvalue weighted by atomic mass is 10.1. The topological polar surface area (TPSA) is 66.4 Å². The Hall–Kier alpha value is -3.48. The van der Waals surface area contributed by atoms with Crippen LogP contribution in [0.15, 0.2) is 77.9 Å². The molecule has 0 fully saturated rings. The van der Waals surface area contributed by atoms with E-state index in [-0.39, 0.29) is 5.91 Å². The number of rotatable bonds is 6. The number of hydrogen-bond donors (Lipinski definition) is 2. The van der Waals surface area contributed by atoms with Crippen LogP contribution < -0.4 is 10.7 Å². The van der Waals surface area contributed by atoms with Gasteiger partial charge in [-0.05, 0) is 43.7 Å². The van der Waals surface area contributed by atoms with Gasteiger partial charge in [0.15, 0.2) is 0 Å². The summed E-state index contributed by atoms with van der Waals surface area (Å²) in [6.07, 6.45) is 1.67. The Morgan fingerprint density at radius 3 is 2.38 bits per heavy atom. The molecule has 7 heteroatoms. The number of amides is 1. The van der Waals surface area contributed by atoms with Crippen LogP contribution in [-0.2, 0) is 0 Å². The van der Waals surface area contributed by atoms with Crippen molar-refractivity contribution in [2.75, 3.05) is 10.7 Å². The van der Waals surface area contributed by atoms with E-state index in [1.165, 1.54) is 11.3 Å². The molecule has 4 rings (SSSR count). The van der Waals surface area contributed by atoms with E-state index in [2.05, 4.69) is 20.8 Å². The molecule has 0 spiro atoms. The SMILES string of the molecule is Cc1ccc(C(=O)Nc2sc(NN=Cc3cccc(Cl)c3)nc2-c2ccc(C)cc2)cc1. The van der Waals surface area contributed by atoms with Crippen LogP contribution in [0, 0.1) is 13.8 Å². The fourth-order valence-electron chi connectivity index (χ4n) is 2.99. The molecule has 3 aromatic carbocycles. The lowest BCUT2D eigenvalue weighted by Gasteiger charge is -2.06. The van der Waals surface area contributed by atoms with Crippen LogP contribution in [0.5, 0.6) is 0 Å². The number of thiazole rings is 1. The maximum Gasteiger partial charge on any atom is 0.256 e. The average Bonchev–Trinajstić information content (AvgIpc) is 3.17. The summed E-state index contributed by atoms with van der Waals surface area (Å²) in [5.74, 6) is -0.184. The van der Waals surface area contributed by atoms with Crippen molar-refractivity contribution < 1.29 is 4.79 Å². The number of benzene rings is 3. The van der Waals surface area contributed by atoms with Gasteiger partial charge in [0.25, 0.3) is 5.91 Å². The summed E-state index contributed by atoms with van der Waals surface area (Å²) < 4.78 is 0. The molecule has 0 atom stereocenters. The number of hydrazone groups is 1. The minimum atomic E-state index is -0.184. The minimum Gasteiger partial charge on any atom is -0.312 e. The van der Waals surface area contributed by atoms with Crippen molar-refractivity contribution in [2.45, 2.75) is 13.8 Å². The predicted molar refractivity (Wildman–Crippen MR) is 134 cm³/mol. The van der Waals surface area contributed by atoms with Gasteiger partial charge in [-0.2, -0.15) is 5.10 Å². The molecule has 0 aliphatic carbocycles. The Kier molecular flexibility index (Phi) is 6.63. The first-order chi connectivity index (χ1) is 15.5. The molecular weight excluding hydrogens is 440 g/mol. The van der Waals surface area contributed by atoms with Crippen LogP contribution in [0.25, 0.3) is 11.3 Å². The second-order valence-electron chi connectivity index (χ2n) is 7.31. The Labute approximate surface area is 195 Å². The molecular formula is C25H21ClN4OS. The lowest BCUT2D eigenvalue weighted by molar-refractivity contribution is 0.102. The predicted octanol–water partition coefficient (Wildman–Crippen LogP) is 6.78. The number of halogens is 1. The highest BCUT2D eigenvalue weighted by molar-refractivity contribution is 7.20. The Morgan fingerprint density at radius 2 is 1.69 bits per heavy atom. The Balaban J connectivity index is 1.60. The fraction of sp³-hybridized carbons (Fsp3) is 0.0800. The molecule has 32 heavy (non-hydrogen) atoms. The van der Waals surface area contributed by atoms with Crippen LogP contribution in [0.2, 0.25) is 5.02 Å².